The van der Waals surface area contributed by atoms with E-state index in [-0.39, 0.29) is 17.0 Å². The molecule has 0 unspecified atom stereocenters. The highest BCUT2D eigenvalue weighted by molar-refractivity contribution is 7.89. The van der Waals surface area contributed by atoms with Gasteiger partial charge in [0, 0.05) is 24.2 Å². The first kappa shape index (κ1) is 17.7. The van der Waals surface area contributed by atoms with Gasteiger partial charge in [-0.15, -0.1) is 0 Å². The first-order chi connectivity index (χ1) is 10.8. The van der Waals surface area contributed by atoms with Gasteiger partial charge in [-0.1, -0.05) is 12.1 Å². The van der Waals surface area contributed by atoms with E-state index in [4.69, 9.17) is 0 Å². The minimum atomic E-state index is -3.38. The van der Waals surface area contributed by atoms with Crippen molar-refractivity contribution in [1.82, 2.24) is 20.2 Å². The highest BCUT2D eigenvalue weighted by atomic mass is 32.2. The van der Waals surface area contributed by atoms with Gasteiger partial charge < -0.3 is 5.32 Å². The highest BCUT2D eigenvalue weighted by Crippen LogP contribution is 2.17. The van der Waals surface area contributed by atoms with Gasteiger partial charge in [-0.25, -0.2) is 13.1 Å². The first-order valence-corrected chi connectivity index (χ1v) is 9.10. The Balaban J connectivity index is 1.98. The van der Waals surface area contributed by atoms with Crippen LogP contribution in [0.4, 0.5) is 0 Å². The molecule has 0 fully saturated rings. The molecule has 0 bridgehead atoms. The molecule has 0 saturated heterocycles. The Bertz CT molecular complexity index is 738. The van der Waals surface area contributed by atoms with Crippen LogP contribution < -0.4 is 10.0 Å². The van der Waals surface area contributed by atoms with Crippen molar-refractivity contribution in [2.45, 2.75) is 44.2 Å². The number of aromatic amines is 1. The second-order valence-corrected chi connectivity index (χ2v) is 7.70. The molecule has 7 heteroatoms. The molecule has 126 valence electrons. The van der Waals surface area contributed by atoms with Crippen LogP contribution >= 0.6 is 0 Å². The second kappa shape index (κ2) is 7.25. The van der Waals surface area contributed by atoms with Crippen LogP contribution in [0.5, 0.6) is 0 Å². The molecule has 2 aromatic rings. The summed E-state index contributed by atoms with van der Waals surface area (Å²) in [6, 6.07) is 9.35. The number of rotatable bonds is 7. The van der Waals surface area contributed by atoms with E-state index >= 15 is 0 Å². The second-order valence-electron chi connectivity index (χ2n) is 5.81. The molecule has 6 nitrogen and oxygen atoms in total. The summed E-state index contributed by atoms with van der Waals surface area (Å²) in [4.78, 5) is 0.274. The Morgan fingerprint density at radius 1 is 1.22 bits per heavy atom. The summed E-state index contributed by atoms with van der Waals surface area (Å²) < 4.78 is 25.8. The van der Waals surface area contributed by atoms with Crippen molar-refractivity contribution in [2.75, 3.05) is 7.05 Å². The van der Waals surface area contributed by atoms with Crippen LogP contribution in [0.2, 0.25) is 0 Å². The molecule has 0 aliphatic heterocycles. The molecule has 1 heterocycles. The molecule has 2 atom stereocenters. The lowest BCUT2D eigenvalue weighted by molar-refractivity contribution is 0.473. The Hall–Kier alpha value is -1.70. The van der Waals surface area contributed by atoms with Gasteiger partial charge in [-0.05, 0) is 51.6 Å². The lowest BCUT2D eigenvalue weighted by atomic mass is 10.1. The monoisotopic (exact) mass is 336 g/mol. The molecule has 1 aromatic heterocycles. The molecule has 3 N–H and O–H groups in total. The molecular formula is C16H24N4O2S. The fourth-order valence-corrected chi connectivity index (χ4v) is 3.26. The maximum Gasteiger partial charge on any atom is 0.240 e. The largest absolute Gasteiger partial charge is 0.307 e. The molecule has 1 aromatic carbocycles. The van der Waals surface area contributed by atoms with Crippen LogP contribution in [0, 0.1) is 6.92 Å². The third kappa shape index (κ3) is 4.63. The lowest BCUT2D eigenvalue weighted by Gasteiger charge is -2.20. The smallest absolute Gasteiger partial charge is 0.240 e. The van der Waals surface area contributed by atoms with E-state index in [1.54, 1.807) is 12.1 Å². The van der Waals surface area contributed by atoms with Crippen molar-refractivity contribution >= 4 is 10.0 Å². The number of nitrogens with one attached hydrogen (secondary N) is 3. The molecule has 0 aliphatic carbocycles. The van der Waals surface area contributed by atoms with Gasteiger partial charge in [0.1, 0.15) is 0 Å². The molecular weight excluding hydrogens is 312 g/mol. The van der Waals surface area contributed by atoms with Crippen LogP contribution in [-0.2, 0) is 16.4 Å². The normalized spacial score (nSPS) is 14.6. The lowest BCUT2D eigenvalue weighted by Crippen LogP contribution is -2.30. The van der Waals surface area contributed by atoms with E-state index in [0.717, 1.165) is 23.4 Å². The predicted molar refractivity (Wildman–Crippen MR) is 90.7 cm³/mol. The number of aromatic nitrogens is 2. The van der Waals surface area contributed by atoms with Gasteiger partial charge in [0.15, 0.2) is 0 Å². The summed E-state index contributed by atoms with van der Waals surface area (Å²) >= 11 is 0. The zero-order chi connectivity index (χ0) is 17.0. The van der Waals surface area contributed by atoms with Crippen molar-refractivity contribution in [3.05, 3.63) is 47.3 Å². The van der Waals surface area contributed by atoms with E-state index < -0.39 is 10.0 Å². The van der Waals surface area contributed by atoms with Gasteiger partial charge in [0.05, 0.1) is 10.6 Å². The molecule has 23 heavy (non-hydrogen) atoms. The number of hydrogen-bond donors (Lipinski definition) is 3. The van der Waals surface area contributed by atoms with Crippen LogP contribution in [0.25, 0.3) is 0 Å². The minimum absolute atomic E-state index is 0.122. The van der Waals surface area contributed by atoms with Crippen LogP contribution in [-0.4, -0.2) is 31.7 Å². The summed E-state index contributed by atoms with van der Waals surface area (Å²) in [5.74, 6) is 0. The number of benzene rings is 1. The Labute approximate surface area is 137 Å². The minimum Gasteiger partial charge on any atom is -0.307 e. The van der Waals surface area contributed by atoms with E-state index in [1.165, 1.54) is 7.05 Å². The maximum atomic E-state index is 11.7. The predicted octanol–water partition coefficient (Wildman–Crippen LogP) is 1.91. The SMILES string of the molecule is CNS(=O)(=O)c1ccc([C@H](C)N[C@@H](C)Cc2cc(C)[nH]n2)cc1. The average Bonchev–Trinajstić information content (AvgIpc) is 2.92. The number of H-pyrrole nitrogens is 1. The van der Waals surface area contributed by atoms with Crippen molar-refractivity contribution < 1.29 is 8.42 Å². The fourth-order valence-electron chi connectivity index (χ4n) is 2.53. The van der Waals surface area contributed by atoms with Gasteiger partial charge >= 0.3 is 0 Å². The number of sulfonamides is 1. The number of nitrogens with zero attached hydrogens (tertiary/aromatic N) is 1. The zero-order valence-corrected chi connectivity index (χ0v) is 14.7. The van der Waals surface area contributed by atoms with Crippen LogP contribution in [0.15, 0.2) is 35.2 Å². The number of hydrogen-bond acceptors (Lipinski definition) is 4. The summed E-state index contributed by atoms with van der Waals surface area (Å²) in [6.45, 7) is 6.16. The number of aryl methyl sites for hydroxylation is 1. The van der Waals surface area contributed by atoms with Crippen molar-refractivity contribution in [1.29, 1.82) is 0 Å². The van der Waals surface area contributed by atoms with Gasteiger partial charge in [-0.3, -0.25) is 5.10 Å². The third-order valence-corrected chi connectivity index (χ3v) is 5.20. The quantitative estimate of drug-likeness (QED) is 0.721. The summed E-state index contributed by atoms with van der Waals surface area (Å²) in [5, 5.41) is 10.7. The van der Waals surface area contributed by atoms with E-state index in [9.17, 15) is 8.42 Å². The average molecular weight is 336 g/mol. The molecule has 0 aliphatic rings. The van der Waals surface area contributed by atoms with E-state index in [2.05, 4.69) is 34.1 Å². The molecule has 0 amide bonds. The summed E-state index contributed by atoms with van der Waals surface area (Å²) in [5.41, 5.74) is 3.14. The fraction of sp³-hybridized carbons (Fsp3) is 0.438. The molecule has 0 spiro atoms. The third-order valence-electron chi connectivity index (χ3n) is 3.77. The highest BCUT2D eigenvalue weighted by Gasteiger charge is 2.14. The summed E-state index contributed by atoms with van der Waals surface area (Å²) in [7, 11) is -1.98. The van der Waals surface area contributed by atoms with Crippen LogP contribution in [0.1, 0.15) is 36.8 Å². The van der Waals surface area contributed by atoms with Gasteiger partial charge in [0.25, 0.3) is 0 Å². The first-order valence-electron chi connectivity index (χ1n) is 7.62. The Morgan fingerprint density at radius 3 is 2.39 bits per heavy atom. The van der Waals surface area contributed by atoms with E-state index in [0.29, 0.717) is 0 Å². The molecule has 2 rings (SSSR count). The van der Waals surface area contributed by atoms with Crippen molar-refractivity contribution in [3.63, 3.8) is 0 Å². The van der Waals surface area contributed by atoms with Gasteiger partial charge in [0.2, 0.25) is 10.0 Å². The van der Waals surface area contributed by atoms with E-state index in [1.807, 2.05) is 25.1 Å². The molecule has 0 radical (unpaired) electrons. The van der Waals surface area contributed by atoms with Crippen LogP contribution in [0.3, 0.4) is 0 Å². The standard InChI is InChI=1S/C16H24N4O2S/c1-11(9-15-10-12(2)19-20-15)18-13(3)14-5-7-16(8-6-14)23(21,22)17-4/h5-8,10-11,13,17-18H,9H2,1-4H3,(H,19,20)/t11-,13-/m0/s1. The Morgan fingerprint density at radius 2 is 1.87 bits per heavy atom. The molecule has 0 saturated carbocycles. The van der Waals surface area contributed by atoms with Crippen molar-refractivity contribution in [3.8, 4) is 0 Å². The zero-order valence-electron chi connectivity index (χ0n) is 13.9. The topological polar surface area (TPSA) is 86.9 Å². The van der Waals surface area contributed by atoms with Gasteiger partial charge in [-0.2, -0.15) is 5.10 Å². The van der Waals surface area contributed by atoms with Crippen molar-refractivity contribution in [2.24, 2.45) is 0 Å². The maximum absolute atomic E-state index is 11.7. The summed E-state index contributed by atoms with van der Waals surface area (Å²) in [6.07, 6.45) is 0.834. The Kier molecular flexibility index (Phi) is 5.56.